The first-order chi connectivity index (χ1) is 37.7. The average molecular weight is 1040 g/mol. The van der Waals surface area contributed by atoms with Gasteiger partial charge in [0.25, 0.3) is 11.8 Å². The van der Waals surface area contributed by atoms with E-state index in [1.807, 2.05) is 34.1 Å². The predicted molar refractivity (Wildman–Crippen MR) is 315 cm³/mol. The van der Waals surface area contributed by atoms with Gasteiger partial charge in [-0.3, -0.25) is 19.4 Å². The molecule has 0 bridgehead atoms. The van der Waals surface area contributed by atoms with E-state index in [4.69, 9.17) is 0 Å². The van der Waals surface area contributed by atoms with E-state index < -0.39 is 0 Å². The second-order valence-electron chi connectivity index (χ2n) is 21.6. The molecule has 404 valence electrons. The molecule has 5 heterocycles. The maximum atomic E-state index is 13.6. The first-order valence-corrected chi connectivity index (χ1v) is 28.7. The molecule has 2 aromatic heterocycles. The van der Waals surface area contributed by atoms with Crippen LogP contribution in [-0.4, -0.2) is 180 Å². The molecular weight excluding hydrogens is 958 g/mol. The lowest BCUT2D eigenvalue weighted by molar-refractivity contribution is 0.0632. The fourth-order valence-corrected chi connectivity index (χ4v) is 11.9. The first kappa shape index (κ1) is 54.0. The number of carbonyl (C=O) groups excluding carboxylic acids is 2. The Morgan fingerprint density at radius 2 is 0.870 bits per heavy atom. The Kier molecular flexibility index (Phi) is 18.1. The molecule has 8 aromatic rings. The van der Waals surface area contributed by atoms with E-state index in [9.17, 15) is 14.0 Å². The number of halogens is 1. The van der Waals surface area contributed by atoms with Crippen molar-refractivity contribution in [3.05, 3.63) is 168 Å². The highest BCUT2D eigenvalue weighted by Gasteiger charge is 2.25. The molecule has 0 saturated carbocycles. The molecule has 77 heavy (non-hydrogen) atoms. The van der Waals surface area contributed by atoms with Gasteiger partial charge in [-0.25, -0.2) is 4.39 Å². The number of hydrogen-bond donors (Lipinski definition) is 0. The lowest BCUT2D eigenvalue weighted by Gasteiger charge is -2.34. The number of likely N-dealkylation sites (N-methyl/N-ethyl adjacent to an activating group) is 1. The Hall–Kier alpha value is -6.41. The summed E-state index contributed by atoms with van der Waals surface area (Å²) in [7, 11) is 2.20. The number of nitrogens with zero attached hydrogens (tertiary/aromatic N) is 9. The molecule has 0 N–H and O–H groups in total. The molecule has 11 rings (SSSR count). The van der Waals surface area contributed by atoms with Gasteiger partial charge in [0.05, 0.1) is 0 Å². The van der Waals surface area contributed by atoms with Crippen LogP contribution in [-0.2, 0) is 25.9 Å². The number of aryl methyl sites for hydroxylation is 2. The topological polar surface area (TPSA) is 66.7 Å². The quantitative estimate of drug-likeness (QED) is 0.0849. The van der Waals surface area contributed by atoms with Crippen LogP contribution in [0.5, 0.6) is 0 Å². The van der Waals surface area contributed by atoms with Crippen molar-refractivity contribution in [3.63, 3.8) is 0 Å². The lowest BCUT2D eigenvalue weighted by atomic mass is 10.1. The van der Waals surface area contributed by atoms with Crippen LogP contribution in [0.3, 0.4) is 0 Å². The Labute approximate surface area is 456 Å². The number of para-hydroxylation sites is 2. The summed E-state index contributed by atoms with van der Waals surface area (Å²) < 4.78 is 18.0. The maximum absolute atomic E-state index is 13.6. The molecule has 0 radical (unpaired) electrons. The van der Waals surface area contributed by atoms with Gasteiger partial charge in [0.15, 0.2) is 0 Å². The van der Waals surface area contributed by atoms with Gasteiger partial charge in [-0.15, -0.1) is 0 Å². The number of benzene rings is 6. The summed E-state index contributed by atoms with van der Waals surface area (Å²) in [5.41, 5.74) is 8.93. The molecule has 0 spiro atoms. The van der Waals surface area contributed by atoms with Gasteiger partial charge >= 0.3 is 0 Å². The minimum Gasteiger partial charge on any atom is -0.340 e. The standard InChI is InChI=1S/C33H40FN5O.C32H40N4O/c1-35-17-19-36(20-18-35)14-4-15-39-31-6-3-2-5-29(31)30-12-9-27(25-32(30)39)33(40)38-23-21-37(22-24-38)16-13-26-7-10-28(34)11-8-26;1-3-33(4-2)18-10-19-36-30-14-9-8-13-28(30)29-16-15-27(25-31(29)36)32(37)35-23-21-34(22-24-35)20-17-26-11-6-5-7-12-26/h2-3,5-12,25H,4,13-24H2,1H3;5-9,11-16,25H,3-4,10,17-24H2,1-2H3. The van der Waals surface area contributed by atoms with Crippen LogP contribution >= 0.6 is 0 Å². The van der Waals surface area contributed by atoms with E-state index in [1.165, 1.54) is 55.8 Å². The van der Waals surface area contributed by atoms with Gasteiger partial charge in [0, 0.05) is 159 Å². The van der Waals surface area contributed by atoms with E-state index in [2.05, 4.69) is 158 Å². The summed E-state index contributed by atoms with van der Waals surface area (Å²) in [6, 6.07) is 47.3. The summed E-state index contributed by atoms with van der Waals surface area (Å²) in [6.07, 6.45) is 4.14. The molecule has 3 aliphatic heterocycles. The SMILES string of the molecule is CCN(CC)CCCn1c2ccccc2c2ccc(C(=O)N3CCN(CCc4ccccc4)CC3)cc21.CN1CCN(CCCn2c3ccccc3c3ccc(C(=O)N4CCN(CCc5ccc(F)cc5)CC4)cc32)CC1. The summed E-state index contributed by atoms with van der Waals surface area (Å²) in [4.78, 5) is 43.5. The number of hydrogen-bond acceptors (Lipinski definition) is 7. The van der Waals surface area contributed by atoms with Crippen LogP contribution in [0.2, 0.25) is 0 Å². The van der Waals surface area contributed by atoms with Gasteiger partial charge in [0.1, 0.15) is 5.82 Å². The van der Waals surface area contributed by atoms with Gasteiger partial charge in [0.2, 0.25) is 0 Å². The summed E-state index contributed by atoms with van der Waals surface area (Å²) in [5, 5.41) is 4.98. The van der Waals surface area contributed by atoms with E-state index in [0.717, 1.165) is 179 Å². The normalized spacial score (nSPS) is 16.3. The molecule has 0 unspecified atom stereocenters. The van der Waals surface area contributed by atoms with Crippen molar-refractivity contribution in [1.82, 2.24) is 43.4 Å². The van der Waals surface area contributed by atoms with Crippen LogP contribution in [0, 0.1) is 5.82 Å². The number of aromatic nitrogens is 2. The van der Waals surface area contributed by atoms with Crippen molar-refractivity contribution in [1.29, 1.82) is 0 Å². The fourth-order valence-electron chi connectivity index (χ4n) is 11.9. The van der Waals surface area contributed by atoms with Crippen molar-refractivity contribution in [2.24, 2.45) is 0 Å². The Morgan fingerprint density at radius 3 is 1.38 bits per heavy atom. The third-order valence-corrected chi connectivity index (χ3v) is 16.8. The Bertz CT molecular complexity index is 3200. The smallest absolute Gasteiger partial charge is 0.254 e. The monoisotopic (exact) mass is 1040 g/mol. The first-order valence-electron chi connectivity index (χ1n) is 28.7. The van der Waals surface area contributed by atoms with Crippen LogP contribution < -0.4 is 0 Å². The molecule has 3 saturated heterocycles. The fraction of sp³-hybridized carbons (Fsp3) is 0.415. The van der Waals surface area contributed by atoms with Gasteiger partial charge in [-0.2, -0.15) is 0 Å². The third-order valence-electron chi connectivity index (χ3n) is 16.8. The molecule has 3 fully saturated rings. The number of piperazine rings is 3. The second-order valence-corrected chi connectivity index (χ2v) is 21.6. The van der Waals surface area contributed by atoms with Crippen LogP contribution in [0.4, 0.5) is 4.39 Å². The molecule has 0 atom stereocenters. The van der Waals surface area contributed by atoms with Crippen molar-refractivity contribution in [3.8, 4) is 0 Å². The number of carbonyl (C=O) groups is 2. The average Bonchev–Trinajstić information content (AvgIpc) is 4.11. The van der Waals surface area contributed by atoms with Crippen molar-refractivity contribution < 1.29 is 14.0 Å². The zero-order valence-corrected chi connectivity index (χ0v) is 46.0. The summed E-state index contributed by atoms with van der Waals surface area (Å²) >= 11 is 0. The van der Waals surface area contributed by atoms with E-state index in [-0.39, 0.29) is 17.6 Å². The van der Waals surface area contributed by atoms with E-state index in [0.29, 0.717) is 0 Å². The Balaban J connectivity index is 0.000000175. The molecule has 6 aromatic carbocycles. The molecule has 0 aliphatic carbocycles. The number of rotatable bonds is 18. The zero-order chi connectivity index (χ0) is 53.1. The number of fused-ring (bicyclic) bond motifs is 6. The largest absolute Gasteiger partial charge is 0.340 e. The minimum atomic E-state index is -0.194. The van der Waals surface area contributed by atoms with E-state index >= 15 is 0 Å². The zero-order valence-electron chi connectivity index (χ0n) is 46.0. The number of amides is 2. The molecule has 3 aliphatic rings. The van der Waals surface area contributed by atoms with Crippen molar-refractivity contribution in [2.75, 3.05) is 125 Å². The molecule has 12 heteroatoms. The molecule has 2 amide bonds. The summed E-state index contributed by atoms with van der Waals surface area (Å²) in [6.45, 7) is 23.9. The minimum absolute atomic E-state index is 0.120. The highest BCUT2D eigenvalue weighted by atomic mass is 19.1. The van der Waals surface area contributed by atoms with Crippen molar-refractivity contribution >= 4 is 55.4 Å². The second kappa shape index (κ2) is 25.8. The van der Waals surface area contributed by atoms with Crippen LogP contribution in [0.25, 0.3) is 43.6 Å². The van der Waals surface area contributed by atoms with Gasteiger partial charge < -0.3 is 33.6 Å². The van der Waals surface area contributed by atoms with Crippen LogP contribution in [0.1, 0.15) is 58.5 Å². The third kappa shape index (κ3) is 13.1. The predicted octanol–water partition coefficient (Wildman–Crippen LogP) is 10.1. The van der Waals surface area contributed by atoms with E-state index in [1.54, 1.807) is 0 Å². The molecular formula is C65H80FN9O2. The van der Waals surface area contributed by atoms with Gasteiger partial charge in [-0.05, 0) is 119 Å². The van der Waals surface area contributed by atoms with Crippen LogP contribution in [0.15, 0.2) is 140 Å². The molecule has 11 nitrogen and oxygen atoms in total. The summed E-state index contributed by atoms with van der Waals surface area (Å²) in [5.74, 6) is 0.0824. The highest BCUT2D eigenvalue weighted by molar-refractivity contribution is 6.11. The lowest BCUT2D eigenvalue weighted by Crippen LogP contribution is -2.49. The Morgan fingerprint density at radius 1 is 0.442 bits per heavy atom. The highest BCUT2D eigenvalue weighted by Crippen LogP contribution is 2.32. The van der Waals surface area contributed by atoms with Gasteiger partial charge in [-0.1, -0.05) is 105 Å². The maximum Gasteiger partial charge on any atom is 0.254 e. The van der Waals surface area contributed by atoms with Crippen molar-refractivity contribution in [2.45, 2.75) is 52.6 Å².